The van der Waals surface area contributed by atoms with Crippen molar-refractivity contribution in [2.75, 3.05) is 29.4 Å². The number of anilines is 2. The van der Waals surface area contributed by atoms with Gasteiger partial charge in [-0.1, -0.05) is 24.6 Å². The van der Waals surface area contributed by atoms with Gasteiger partial charge in [-0.2, -0.15) is 0 Å². The average molecular weight is 369 g/mol. The molecule has 1 aromatic heterocycles. The number of hydrogen-bond acceptors (Lipinski definition) is 4. The van der Waals surface area contributed by atoms with Gasteiger partial charge in [0.25, 0.3) is 5.91 Å². The van der Waals surface area contributed by atoms with E-state index in [-0.39, 0.29) is 18.0 Å². The number of amides is 2. The molecule has 2 amide bonds. The molecule has 3 heterocycles. The molecule has 0 aliphatic carbocycles. The predicted octanol–water partition coefficient (Wildman–Crippen LogP) is 3.57. The van der Waals surface area contributed by atoms with Crippen LogP contribution in [0.25, 0.3) is 0 Å². The normalized spacial score (nSPS) is 21.0. The Morgan fingerprint density at radius 3 is 2.58 bits per heavy atom. The summed E-state index contributed by atoms with van der Waals surface area (Å²) in [5.41, 5.74) is 1.57. The van der Waals surface area contributed by atoms with Gasteiger partial charge >= 0.3 is 0 Å². The fourth-order valence-corrected chi connectivity index (χ4v) is 4.72. The lowest BCUT2D eigenvalue weighted by molar-refractivity contribution is -0.120. The van der Waals surface area contributed by atoms with Crippen LogP contribution in [0.15, 0.2) is 41.8 Å². The molecule has 1 atom stereocenters. The number of piperidine rings is 1. The fourth-order valence-electron chi connectivity index (χ4n) is 3.90. The maximum absolute atomic E-state index is 13.2. The molecule has 0 bridgehead atoms. The molecule has 2 aliphatic rings. The third-order valence-corrected chi connectivity index (χ3v) is 6.07. The summed E-state index contributed by atoms with van der Waals surface area (Å²) < 4.78 is 0. The lowest BCUT2D eigenvalue weighted by Gasteiger charge is -2.42. The molecule has 1 fully saturated rings. The SMILES string of the molecule is C[C@@H]1N(c2ccccc2)C(=O)c2sccc2N1C(=O)CN1CCCCC1. The van der Waals surface area contributed by atoms with E-state index in [1.807, 2.05) is 48.7 Å². The van der Waals surface area contributed by atoms with Crippen molar-refractivity contribution in [3.05, 3.63) is 46.7 Å². The van der Waals surface area contributed by atoms with Crippen molar-refractivity contribution in [3.8, 4) is 0 Å². The Hall–Kier alpha value is -2.18. The number of likely N-dealkylation sites (tertiary alicyclic amines) is 1. The molecule has 136 valence electrons. The van der Waals surface area contributed by atoms with Gasteiger partial charge in [0.2, 0.25) is 5.91 Å². The Balaban J connectivity index is 1.66. The number of rotatable bonds is 3. The van der Waals surface area contributed by atoms with Gasteiger partial charge in [0.05, 0.1) is 12.2 Å². The molecule has 5 nitrogen and oxygen atoms in total. The summed E-state index contributed by atoms with van der Waals surface area (Å²) in [4.78, 5) is 32.6. The number of carbonyl (C=O) groups is 2. The minimum absolute atomic E-state index is 0.0317. The van der Waals surface area contributed by atoms with Crippen LogP contribution in [0.4, 0.5) is 11.4 Å². The number of benzene rings is 1. The van der Waals surface area contributed by atoms with Gasteiger partial charge in [0, 0.05) is 5.69 Å². The molecule has 26 heavy (non-hydrogen) atoms. The van der Waals surface area contributed by atoms with Crippen molar-refractivity contribution < 1.29 is 9.59 Å². The minimum atomic E-state index is -0.343. The standard InChI is InChI=1S/C20H23N3O2S/c1-15-22(16-8-4-2-5-9-16)20(25)19-17(10-13-26-19)23(15)18(24)14-21-11-6-3-7-12-21/h2,4-5,8-10,13,15H,3,6-7,11-12,14H2,1H3/t15-/m1/s1. The van der Waals surface area contributed by atoms with Crippen molar-refractivity contribution in [1.29, 1.82) is 0 Å². The van der Waals surface area contributed by atoms with Gasteiger partial charge in [-0.3, -0.25) is 24.3 Å². The molecule has 6 heteroatoms. The summed E-state index contributed by atoms with van der Waals surface area (Å²) in [5.74, 6) is 0.0307. The third-order valence-electron chi connectivity index (χ3n) is 5.17. The molecule has 0 spiro atoms. The minimum Gasteiger partial charge on any atom is -0.294 e. The van der Waals surface area contributed by atoms with Crippen LogP contribution in [0.3, 0.4) is 0 Å². The number of hydrogen-bond donors (Lipinski definition) is 0. The second-order valence-corrected chi connectivity index (χ2v) is 7.79. The average Bonchev–Trinajstić information content (AvgIpc) is 3.13. The van der Waals surface area contributed by atoms with Crippen molar-refractivity contribution in [2.45, 2.75) is 32.4 Å². The molecule has 0 radical (unpaired) electrons. The zero-order valence-corrected chi connectivity index (χ0v) is 15.7. The molecule has 0 unspecified atom stereocenters. The van der Waals surface area contributed by atoms with Gasteiger partial charge in [-0.15, -0.1) is 11.3 Å². The molecule has 2 aromatic rings. The molecule has 0 N–H and O–H groups in total. The van der Waals surface area contributed by atoms with Crippen LogP contribution in [-0.2, 0) is 4.79 Å². The van der Waals surface area contributed by atoms with E-state index in [0.29, 0.717) is 11.4 Å². The number of nitrogens with zero attached hydrogens (tertiary/aromatic N) is 3. The third kappa shape index (κ3) is 3.04. The lowest BCUT2D eigenvalue weighted by Crippen LogP contribution is -2.57. The van der Waals surface area contributed by atoms with Crippen molar-refractivity contribution in [3.63, 3.8) is 0 Å². The summed E-state index contributed by atoms with van der Waals surface area (Å²) in [7, 11) is 0. The van der Waals surface area contributed by atoms with Gasteiger partial charge in [0.1, 0.15) is 11.0 Å². The highest BCUT2D eigenvalue weighted by atomic mass is 32.1. The van der Waals surface area contributed by atoms with Crippen LogP contribution in [0, 0.1) is 0 Å². The summed E-state index contributed by atoms with van der Waals surface area (Å²) >= 11 is 1.40. The van der Waals surface area contributed by atoms with Crippen LogP contribution >= 0.6 is 11.3 Å². The second-order valence-electron chi connectivity index (χ2n) is 6.88. The van der Waals surface area contributed by atoms with E-state index in [1.165, 1.54) is 17.8 Å². The van der Waals surface area contributed by atoms with E-state index in [1.54, 1.807) is 9.80 Å². The zero-order chi connectivity index (χ0) is 18.1. The van der Waals surface area contributed by atoms with E-state index in [4.69, 9.17) is 0 Å². The van der Waals surface area contributed by atoms with E-state index in [2.05, 4.69) is 4.90 Å². The number of carbonyl (C=O) groups excluding carboxylic acids is 2. The van der Waals surface area contributed by atoms with Gasteiger partial charge in [-0.25, -0.2) is 0 Å². The monoisotopic (exact) mass is 369 g/mol. The molecule has 4 rings (SSSR count). The molecule has 2 aliphatic heterocycles. The highest BCUT2D eigenvalue weighted by Crippen LogP contribution is 2.37. The van der Waals surface area contributed by atoms with Gasteiger partial charge < -0.3 is 0 Å². The zero-order valence-electron chi connectivity index (χ0n) is 14.9. The first-order chi connectivity index (χ1) is 12.7. The Kier molecular flexibility index (Phi) is 4.78. The molecular formula is C20H23N3O2S. The highest BCUT2D eigenvalue weighted by Gasteiger charge is 2.40. The summed E-state index contributed by atoms with van der Waals surface area (Å²) in [6, 6.07) is 11.5. The summed E-state index contributed by atoms with van der Waals surface area (Å²) in [6.45, 7) is 4.30. The fraction of sp³-hybridized carbons (Fsp3) is 0.400. The Morgan fingerprint density at radius 2 is 1.85 bits per heavy atom. The van der Waals surface area contributed by atoms with Crippen molar-refractivity contribution >= 4 is 34.5 Å². The van der Waals surface area contributed by atoms with Crippen molar-refractivity contribution in [2.24, 2.45) is 0 Å². The lowest BCUT2D eigenvalue weighted by atomic mass is 10.1. The van der Waals surface area contributed by atoms with Crippen LogP contribution < -0.4 is 9.80 Å². The topological polar surface area (TPSA) is 43.9 Å². The Morgan fingerprint density at radius 1 is 1.12 bits per heavy atom. The Bertz CT molecular complexity index is 798. The first kappa shape index (κ1) is 17.2. The number of thiophene rings is 1. The van der Waals surface area contributed by atoms with Crippen LogP contribution in [0.5, 0.6) is 0 Å². The summed E-state index contributed by atoms with van der Waals surface area (Å²) in [5, 5.41) is 1.89. The largest absolute Gasteiger partial charge is 0.294 e. The molecule has 1 aromatic carbocycles. The maximum atomic E-state index is 13.2. The smallest absolute Gasteiger partial charge is 0.272 e. The molecular weight excluding hydrogens is 346 g/mol. The van der Waals surface area contributed by atoms with Gasteiger partial charge in [0.15, 0.2) is 0 Å². The van der Waals surface area contributed by atoms with Crippen molar-refractivity contribution in [1.82, 2.24) is 4.90 Å². The van der Waals surface area contributed by atoms with E-state index >= 15 is 0 Å². The first-order valence-electron chi connectivity index (χ1n) is 9.17. The maximum Gasteiger partial charge on any atom is 0.272 e. The number of fused-ring (bicyclic) bond motifs is 1. The second kappa shape index (κ2) is 7.21. The first-order valence-corrected chi connectivity index (χ1v) is 10.1. The number of para-hydroxylation sites is 1. The van der Waals surface area contributed by atoms with E-state index < -0.39 is 0 Å². The van der Waals surface area contributed by atoms with E-state index in [0.717, 1.165) is 37.3 Å². The molecule has 1 saturated heterocycles. The van der Waals surface area contributed by atoms with Crippen LogP contribution in [0.2, 0.25) is 0 Å². The Labute approximate surface area is 157 Å². The summed E-state index contributed by atoms with van der Waals surface area (Å²) in [6.07, 6.45) is 3.21. The van der Waals surface area contributed by atoms with E-state index in [9.17, 15) is 9.59 Å². The van der Waals surface area contributed by atoms with Crippen LogP contribution in [0.1, 0.15) is 35.9 Å². The molecule has 0 saturated carbocycles. The van der Waals surface area contributed by atoms with Crippen LogP contribution in [-0.4, -0.2) is 42.5 Å². The predicted molar refractivity (Wildman–Crippen MR) is 105 cm³/mol. The van der Waals surface area contributed by atoms with Gasteiger partial charge in [-0.05, 0) is 56.4 Å². The quantitative estimate of drug-likeness (QED) is 0.831. The highest BCUT2D eigenvalue weighted by molar-refractivity contribution is 7.13.